The molecule has 0 aliphatic carbocycles. The summed E-state index contributed by atoms with van der Waals surface area (Å²) in [6.07, 6.45) is -5.67. The number of carbonyl (C=O) groups excluding carboxylic acids is 2. The van der Waals surface area contributed by atoms with Gasteiger partial charge in [0.05, 0.1) is 50.6 Å². The monoisotopic (exact) mass is 861 g/mol. The van der Waals surface area contributed by atoms with Gasteiger partial charge >= 0.3 is 19.9 Å². The molecule has 1 saturated heterocycles. The molecule has 4 aromatic heterocycles. The maximum atomic E-state index is 13.8. The predicted molar refractivity (Wildman–Crippen MR) is 201 cm³/mol. The number of carbonyl (C=O) groups is 3. The molecular formula is C32H37FN13O13P. The number of aliphatic carboxylic acids is 1. The molecule has 60 heavy (non-hydrogen) atoms. The summed E-state index contributed by atoms with van der Waals surface area (Å²) >= 11 is 0. The minimum Gasteiger partial charge on any atom is -0.480 e. The van der Waals surface area contributed by atoms with Crippen LogP contribution in [0.5, 0.6) is 0 Å². The van der Waals surface area contributed by atoms with Crippen LogP contribution in [-0.4, -0.2) is 133 Å². The number of nitrogens with one attached hydrogen (secondary N) is 4. The number of carboxylic acids is 1. The number of aromatic nitrogens is 8. The summed E-state index contributed by atoms with van der Waals surface area (Å²) in [4.78, 5) is 85.2. The molecule has 4 unspecified atom stereocenters. The van der Waals surface area contributed by atoms with Gasteiger partial charge in [-0.2, -0.15) is 19.3 Å². The Morgan fingerprint density at radius 3 is 2.50 bits per heavy atom. The molecule has 1 aromatic carbocycles. The lowest BCUT2D eigenvalue weighted by Gasteiger charge is -2.21. The van der Waals surface area contributed by atoms with Crippen LogP contribution in [0, 0.1) is 6.08 Å². The average molecular weight is 862 g/mol. The van der Waals surface area contributed by atoms with E-state index in [-0.39, 0.29) is 52.6 Å². The van der Waals surface area contributed by atoms with Gasteiger partial charge in [-0.05, 0) is 30.7 Å². The first-order valence-corrected chi connectivity index (χ1v) is 19.1. The van der Waals surface area contributed by atoms with E-state index in [2.05, 4.69) is 50.8 Å². The minimum atomic E-state index is -4.95. The highest BCUT2D eigenvalue weighted by atomic mass is 31.2. The van der Waals surface area contributed by atoms with E-state index in [1.807, 2.05) is 0 Å². The van der Waals surface area contributed by atoms with Crippen molar-refractivity contribution in [2.75, 3.05) is 36.6 Å². The first-order chi connectivity index (χ1) is 28.5. The molecule has 13 N–H and O–H groups in total. The summed E-state index contributed by atoms with van der Waals surface area (Å²) in [5.74, 6) is -3.39. The number of aromatic amines is 1. The Hall–Kier alpha value is -6.32. The third kappa shape index (κ3) is 10.3. The van der Waals surface area contributed by atoms with Crippen molar-refractivity contribution < 1.29 is 62.4 Å². The van der Waals surface area contributed by atoms with Gasteiger partial charge in [0, 0.05) is 17.7 Å². The molecule has 0 radical (unpaired) electrons. The van der Waals surface area contributed by atoms with E-state index in [9.17, 15) is 53.5 Å². The third-order valence-electron chi connectivity index (χ3n) is 8.83. The van der Waals surface area contributed by atoms with Crippen LogP contribution in [0.15, 0.2) is 41.6 Å². The molecule has 28 heteroatoms. The van der Waals surface area contributed by atoms with Crippen LogP contribution in [0.3, 0.4) is 0 Å². The SMILES string of the molecule is Nc1nc2ncc(CNc3ccc(C(=O)NC(CCC(=O)NC(CO)COP(=O)(O)OC[C@H]4O[C@@H](n5cnc6c(N)nc(F)nc65)C(O)[C@H]4O)C(=O)O)cc3)nc2c(=O)[nH]1. The zero-order valence-electron chi connectivity index (χ0n) is 30.8. The van der Waals surface area contributed by atoms with Gasteiger partial charge in [-0.25, -0.2) is 24.3 Å². The number of imidazole rings is 1. The average Bonchev–Trinajstić information content (AvgIpc) is 3.75. The third-order valence-corrected chi connectivity index (χ3v) is 9.78. The maximum Gasteiger partial charge on any atom is 0.472 e. The molecule has 1 fully saturated rings. The number of fused-ring (bicyclic) bond motifs is 2. The summed E-state index contributed by atoms with van der Waals surface area (Å²) in [6, 6.07) is 3.14. The molecule has 0 bridgehead atoms. The Labute approximate surface area is 334 Å². The number of nitrogens with zero attached hydrogens (tertiary/aromatic N) is 7. The van der Waals surface area contributed by atoms with Crippen molar-refractivity contribution in [3.05, 3.63) is 64.5 Å². The number of rotatable bonds is 18. The van der Waals surface area contributed by atoms with E-state index in [0.717, 1.165) is 10.9 Å². The van der Waals surface area contributed by atoms with Crippen molar-refractivity contribution in [1.82, 2.24) is 50.1 Å². The van der Waals surface area contributed by atoms with Crippen LogP contribution < -0.4 is 33.0 Å². The zero-order chi connectivity index (χ0) is 43.3. The number of carboxylic acid groups (broad SMARTS) is 1. The molecule has 2 amide bonds. The molecule has 0 spiro atoms. The van der Waals surface area contributed by atoms with E-state index in [4.69, 9.17) is 25.3 Å². The summed E-state index contributed by atoms with van der Waals surface area (Å²) in [6.45, 7) is -2.21. The van der Waals surface area contributed by atoms with Crippen molar-refractivity contribution >= 4 is 65.4 Å². The maximum absolute atomic E-state index is 13.8. The Morgan fingerprint density at radius 2 is 1.78 bits per heavy atom. The molecule has 320 valence electrons. The first-order valence-electron chi connectivity index (χ1n) is 17.6. The molecule has 1 aliphatic rings. The summed E-state index contributed by atoms with van der Waals surface area (Å²) in [5.41, 5.74) is 11.6. The second kappa shape index (κ2) is 18.3. The highest BCUT2D eigenvalue weighted by Gasteiger charge is 2.45. The zero-order valence-corrected chi connectivity index (χ0v) is 31.7. The van der Waals surface area contributed by atoms with Gasteiger partial charge in [0.25, 0.3) is 11.5 Å². The highest BCUT2D eigenvalue weighted by Crippen LogP contribution is 2.44. The first kappa shape index (κ1) is 43.3. The fourth-order valence-electron chi connectivity index (χ4n) is 5.79. The Kier molecular flexibility index (Phi) is 13.2. The largest absolute Gasteiger partial charge is 0.480 e. The fourth-order valence-corrected chi connectivity index (χ4v) is 6.56. The smallest absolute Gasteiger partial charge is 0.472 e. The van der Waals surface area contributed by atoms with Crippen molar-refractivity contribution in [2.24, 2.45) is 0 Å². The Morgan fingerprint density at radius 1 is 1.03 bits per heavy atom. The number of aliphatic hydroxyl groups excluding tert-OH is 3. The lowest BCUT2D eigenvalue weighted by Crippen LogP contribution is -2.44. The minimum absolute atomic E-state index is 0.00233. The number of phosphoric acid groups is 1. The van der Waals surface area contributed by atoms with Crippen molar-refractivity contribution in [2.45, 2.75) is 56.0 Å². The fraction of sp³-hybridized carbons (Fsp3) is 0.375. The van der Waals surface area contributed by atoms with Gasteiger partial charge in [0.2, 0.25) is 11.9 Å². The highest BCUT2D eigenvalue weighted by molar-refractivity contribution is 7.47. The molecular weight excluding hydrogens is 824 g/mol. The second-order valence-electron chi connectivity index (χ2n) is 13.1. The quantitative estimate of drug-likeness (QED) is 0.0325. The number of nitrogens with two attached hydrogens (primary N) is 2. The van der Waals surface area contributed by atoms with Crippen molar-refractivity contribution in [3.63, 3.8) is 0 Å². The van der Waals surface area contributed by atoms with Gasteiger partial charge < -0.3 is 57.5 Å². The van der Waals surface area contributed by atoms with Crippen LogP contribution in [0.1, 0.15) is 35.1 Å². The number of halogens is 1. The lowest BCUT2D eigenvalue weighted by atomic mass is 10.1. The molecule has 7 atom stereocenters. The van der Waals surface area contributed by atoms with E-state index < -0.39 is 100 Å². The number of ether oxygens (including phenoxy) is 1. The topological polar surface area (TPSA) is 400 Å². The van der Waals surface area contributed by atoms with Crippen LogP contribution in [-0.2, 0) is 34.5 Å². The number of hydrogen-bond donors (Lipinski definition) is 11. The number of phosphoric ester groups is 1. The van der Waals surface area contributed by atoms with Gasteiger partial charge in [-0.3, -0.25) is 33.0 Å². The molecule has 5 heterocycles. The van der Waals surface area contributed by atoms with Crippen molar-refractivity contribution in [1.29, 1.82) is 0 Å². The predicted octanol–water partition coefficient (Wildman–Crippen LogP) is -2.34. The van der Waals surface area contributed by atoms with E-state index in [0.29, 0.717) is 11.4 Å². The van der Waals surface area contributed by atoms with E-state index in [1.165, 1.54) is 18.3 Å². The number of benzene rings is 1. The number of amides is 2. The van der Waals surface area contributed by atoms with Crippen LogP contribution in [0.2, 0.25) is 0 Å². The van der Waals surface area contributed by atoms with Crippen LogP contribution >= 0.6 is 7.82 Å². The summed E-state index contributed by atoms with van der Waals surface area (Å²) in [5, 5.41) is 48.2. The number of nitrogen functional groups attached to an aromatic ring is 2. The van der Waals surface area contributed by atoms with Gasteiger partial charge in [-0.15, -0.1) is 0 Å². The number of aliphatic hydroxyl groups is 3. The van der Waals surface area contributed by atoms with E-state index in [1.54, 1.807) is 12.1 Å². The Balaban J connectivity index is 0.934. The van der Waals surface area contributed by atoms with Gasteiger partial charge in [0.15, 0.2) is 34.4 Å². The standard InChI is InChI=1S/C32H37FN13O13P/c33-31-42-24(34)20-26(44-31)46(12-38-20)29-23(50)22(49)18(59-29)11-58-60(55,56)57-10-16(9-47)39-19(48)6-5-17(30(53)54)41-27(51)13-1-3-14(4-2-13)36-7-15-8-37-25-21(40-15)28(52)45-32(35)43-25/h1-4,8,12,16-18,22-23,29,36,47,49-50H,5-7,9-11H2,(H,39,48)(H,41,51)(H,53,54)(H,55,56)(H2,34,42,44)(H3,35,37,43,45,52)/t16?,17?,18-,22+,23?,29-/m1/s1. The molecule has 26 nitrogen and oxygen atoms in total. The number of anilines is 3. The molecule has 0 saturated carbocycles. The summed E-state index contributed by atoms with van der Waals surface area (Å²) < 4.78 is 42.8. The number of H-pyrrole nitrogens is 1. The van der Waals surface area contributed by atoms with Crippen molar-refractivity contribution in [3.8, 4) is 0 Å². The second-order valence-corrected chi connectivity index (χ2v) is 14.5. The molecule has 5 aromatic rings. The number of hydrogen-bond acceptors (Lipinski definition) is 20. The van der Waals surface area contributed by atoms with Gasteiger partial charge in [-0.1, -0.05) is 0 Å². The van der Waals surface area contributed by atoms with Gasteiger partial charge in [0.1, 0.15) is 24.4 Å². The molecule has 6 rings (SSSR count). The van der Waals surface area contributed by atoms with Crippen LogP contribution in [0.4, 0.5) is 21.8 Å². The normalized spacial score (nSPS) is 19.8. The Bertz CT molecular complexity index is 2490. The van der Waals surface area contributed by atoms with Crippen LogP contribution in [0.25, 0.3) is 22.3 Å². The lowest BCUT2D eigenvalue weighted by molar-refractivity contribution is -0.139. The molecule has 1 aliphatic heterocycles. The summed E-state index contributed by atoms with van der Waals surface area (Å²) in [7, 11) is -4.95. The van der Waals surface area contributed by atoms with E-state index >= 15 is 0 Å².